The average Bonchev–Trinajstić information content (AvgIpc) is 2.51. The van der Waals surface area contributed by atoms with Gasteiger partial charge in [-0.05, 0) is 29.8 Å². The van der Waals surface area contributed by atoms with E-state index < -0.39 is 5.97 Å². The molecule has 0 spiro atoms. The molecule has 2 rings (SSSR count). The Bertz CT molecular complexity index is 685. The van der Waals surface area contributed by atoms with Crippen LogP contribution in [0.5, 0.6) is 5.75 Å². The lowest BCUT2D eigenvalue weighted by Gasteiger charge is -2.08. The molecule has 2 aromatic rings. The fraction of sp³-hybridized carbons (Fsp3) is 0.176. The van der Waals surface area contributed by atoms with Crippen molar-refractivity contribution in [3.05, 3.63) is 59.1 Å². The number of rotatable bonds is 7. The van der Waals surface area contributed by atoms with E-state index in [1.165, 1.54) is 0 Å². The minimum atomic E-state index is -0.890. The molecule has 23 heavy (non-hydrogen) atoms. The zero-order valence-electron chi connectivity index (χ0n) is 12.3. The second-order valence-corrected chi connectivity index (χ2v) is 5.25. The van der Waals surface area contributed by atoms with Crippen LogP contribution < -0.4 is 10.1 Å². The molecule has 0 fully saturated rings. The van der Waals surface area contributed by atoms with Gasteiger partial charge in [0.2, 0.25) is 5.91 Å². The Morgan fingerprint density at radius 3 is 2.43 bits per heavy atom. The van der Waals surface area contributed by atoms with Crippen LogP contribution in [-0.2, 0) is 16.0 Å². The lowest BCUT2D eigenvalue weighted by atomic mass is 10.1. The zero-order valence-corrected chi connectivity index (χ0v) is 13.0. The van der Waals surface area contributed by atoms with Crippen molar-refractivity contribution in [3.63, 3.8) is 0 Å². The van der Waals surface area contributed by atoms with E-state index in [-0.39, 0.29) is 25.4 Å². The molecule has 0 aliphatic heterocycles. The van der Waals surface area contributed by atoms with E-state index >= 15 is 0 Å². The predicted molar refractivity (Wildman–Crippen MR) is 88.0 cm³/mol. The second-order valence-electron chi connectivity index (χ2n) is 4.84. The second kappa shape index (κ2) is 8.19. The summed E-state index contributed by atoms with van der Waals surface area (Å²) >= 11 is 5.95. The smallest absolute Gasteiger partial charge is 0.307 e. The first-order valence-corrected chi connectivity index (χ1v) is 7.40. The molecular formula is C17H16ClNO4. The summed E-state index contributed by atoms with van der Waals surface area (Å²) in [5.74, 6) is -0.540. The molecule has 6 heteroatoms. The van der Waals surface area contributed by atoms with Crippen molar-refractivity contribution in [3.8, 4) is 5.75 Å². The molecule has 1 amide bonds. The number of benzene rings is 2. The number of anilines is 1. The van der Waals surface area contributed by atoms with Gasteiger partial charge in [0.05, 0.1) is 24.5 Å². The number of halogens is 1. The molecule has 0 saturated carbocycles. The Kier molecular flexibility index (Phi) is 6.00. The van der Waals surface area contributed by atoms with Gasteiger partial charge in [0.25, 0.3) is 0 Å². The standard InChI is InChI=1S/C17H16ClNO4/c18-14-3-1-2-4-15(14)23-10-9-16(20)19-13-7-5-12(6-8-13)11-17(21)22/h1-8H,9-11H2,(H,19,20)(H,21,22). The van der Waals surface area contributed by atoms with Gasteiger partial charge in [-0.1, -0.05) is 35.9 Å². The molecule has 120 valence electrons. The molecule has 0 aliphatic carbocycles. The Labute approximate surface area is 138 Å². The number of hydrogen-bond acceptors (Lipinski definition) is 3. The third kappa shape index (κ3) is 5.64. The number of carboxylic acid groups (broad SMARTS) is 1. The number of nitrogens with one attached hydrogen (secondary N) is 1. The van der Waals surface area contributed by atoms with Crippen LogP contribution in [0.15, 0.2) is 48.5 Å². The van der Waals surface area contributed by atoms with Crippen molar-refractivity contribution in [1.29, 1.82) is 0 Å². The Balaban J connectivity index is 1.78. The molecule has 0 radical (unpaired) electrons. The normalized spacial score (nSPS) is 10.1. The zero-order chi connectivity index (χ0) is 16.7. The highest BCUT2D eigenvalue weighted by atomic mass is 35.5. The number of carbonyl (C=O) groups excluding carboxylic acids is 1. The molecule has 5 nitrogen and oxygen atoms in total. The minimum absolute atomic E-state index is 0.0418. The highest BCUT2D eigenvalue weighted by molar-refractivity contribution is 6.32. The fourth-order valence-corrected chi connectivity index (χ4v) is 2.11. The molecular weight excluding hydrogens is 318 g/mol. The summed E-state index contributed by atoms with van der Waals surface area (Å²) in [4.78, 5) is 22.4. The molecule has 0 saturated heterocycles. The van der Waals surface area contributed by atoms with E-state index in [1.54, 1.807) is 48.5 Å². The fourth-order valence-electron chi connectivity index (χ4n) is 1.92. The first kappa shape index (κ1) is 16.8. The average molecular weight is 334 g/mol. The molecule has 2 aromatic carbocycles. The summed E-state index contributed by atoms with van der Waals surface area (Å²) in [7, 11) is 0. The van der Waals surface area contributed by atoms with Crippen LogP contribution in [0, 0.1) is 0 Å². The SMILES string of the molecule is O=C(O)Cc1ccc(NC(=O)CCOc2ccccc2Cl)cc1. The quantitative estimate of drug-likeness (QED) is 0.814. The number of para-hydroxylation sites is 1. The number of ether oxygens (including phenoxy) is 1. The Hall–Kier alpha value is -2.53. The van der Waals surface area contributed by atoms with Crippen molar-refractivity contribution >= 4 is 29.2 Å². The lowest BCUT2D eigenvalue weighted by molar-refractivity contribution is -0.136. The van der Waals surface area contributed by atoms with Crippen LogP contribution in [0.4, 0.5) is 5.69 Å². The van der Waals surface area contributed by atoms with Gasteiger partial charge in [-0.2, -0.15) is 0 Å². The molecule has 0 bridgehead atoms. The molecule has 0 aliphatic rings. The number of hydrogen-bond donors (Lipinski definition) is 2. The monoisotopic (exact) mass is 333 g/mol. The predicted octanol–water partition coefficient (Wildman–Crippen LogP) is 3.37. The van der Waals surface area contributed by atoms with Crippen molar-refractivity contribution in [2.24, 2.45) is 0 Å². The molecule has 0 unspecified atom stereocenters. The summed E-state index contributed by atoms with van der Waals surface area (Å²) in [5, 5.41) is 11.9. The van der Waals surface area contributed by atoms with E-state index in [9.17, 15) is 9.59 Å². The maximum Gasteiger partial charge on any atom is 0.307 e. The van der Waals surface area contributed by atoms with E-state index in [0.29, 0.717) is 22.0 Å². The van der Waals surface area contributed by atoms with Crippen LogP contribution in [0.25, 0.3) is 0 Å². The molecule has 0 heterocycles. The number of aliphatic carboxylic acids is 1. The van der Waals surface area contributed by atoms with E-state index in [0.717, 1.165) is 0 Å². The highest BCUT2D eigenvalue weighted by Crippen LogP contribution is 2.23. The molecule has 0 aromatic heterocycles. The van der Waals surface area contributed by atoms with Gasteiger partial charge in [0.1, 0.15) is 5.75 Å². The topological polar surface area (TPSA) is 75.6 Å². The van der Waals surface area contributed by atoms with Gasteiger partial charge in [0, 0.05) is 5.69 Å². The Morgan fingerprint density at radius 1 is 1.09 bits per heavy atom. The number of carbonyl (C=O) groups is 2. The number of carboxylic acids is 1. The maximum absolute atomic E-state index is 11.8. The van der Waals surface area contributed by atoms with Crippen LogP contribution in [0.1, 0.15) is 12.0 Å². The van der Waals surface area contributed by atoms with Crippen molar-refractivity contribution < 1.29 is 19.4 Å². The van der Waals surface area contributed by atoms with Crippen LogP contribution >= 0.6 is 11.6 Å². The van der Waals surface area contributed by atoms with Gasteiger partial charge in [-0.15, -0.1) is 0 Å². The van der Waals surface area contributed by atoms with Crippen molar-refractivity contribution in [1.82, 2.24) is 0 Å². The van der Waals surface area contributed by atoms with Gasteiger partial charge in [-0.25, -0.2) is 0 Å². The number of amides is 1. The summed E-state index contributed by atoms with van der Waals surface area (Å²) in [6, 6.07) is 13.7. The van der Waals surface area contributed by atoms with E-state index in [2.05, 4.69) is 5.32 Å². The van der Waals surface area contributed by atoms with Crippen LogP contribution in [-0.4, -0.2) is 23.6 Å². The van der Waals surface area contributed by atoms with Crippen molar-refractivity contribution in [2.75, 3.05) is 11.9 Å². The van der Waals surface area contributed by atoms with Crippen molar-refractivity contribution in [2.45, 2.75) is 12.8 Å². The Morgan fingerprint density at radius 2 is 1.78 bits per heavy atom. The van der Waals surface area contributed by atoms with Gasteiger partial charge < -0.3 is 15.2 Å². The molecule has 0 atom stereocenters. The third-order valence-corrected chi connectivity index (χ3v) is 3.33. The summed E-state index contributed by atoms with van der Waals surface area (Å²) in [5.41, 5.74) is 1.29. The van der Waals surface area contributed by atoms with Crippen LogP contribution in [0.2, 0.25) is 5.02 Å². The van der Waals surface area contributed by atoms with E-state index in [1.807, 2.05) is 0 Å². The largest absolute Gasteiger partial charge is 0.491 e. The van der Waals surface area contributed by atoms with Gasteiger partial charge in [-0.3, -0.25) is 9.59 Å². The first-order valence-electron chi connectivity index (χ1n) is 7.02. The molecule has 2 N–H and O–H groups in total. The summed E-state index contributed by atoms with van der Waals surface area (Å²) < 4.78 is 5.45. The minimum Gasteiger partial charge on any atom is -0.491 e. The van der Waals surface area contributed by atoms with Gasteiger partial charge >= 0.3 is 5.97 Å². The third-order valence-electron chi connectivity index (χ3n) is 3.02. The van der Waals surface area contributed by atoms with E-state index in [4.69, 9.17) is 21.4 Å². The summed E-state index contributed by atoms with van der Waals surface area (Å²) in [6.07, 6.45) is 0.141. The highest BCUT2D eigenvalue weighted by Gasteiger charge is 2.06. The van der Waals surface area contributed by atoms with Crippen LogP contribution in [0.3, 0.4) is 0 Å². The summed E-state index contributed by atoms with van der Waals surface area (Å²) in [6.45, 7) is 0.215. The maximum atomic E-state index is 11.8. The van der Waals surface area contributed by atoms with Gasteiger partial charge in [0.15, 0.2) is 0 Å². The first-order chi connectivity index (χ1) is 11.0. The lowest BCUT2D eigenvalue weighted by Crippen LogP contribution is -2.15.